The maximum absolute atomic E-state index is 4.95. The fraction of sp³-hybridized carbons (Fsp3) is 0. The van der Waals surface area contributed by atoms with Crippen molar-refractivity contribution in [3.05, 3.63) is 131 Å². The number of fused-ring (bicyclic) bond motifs is 3. The quantitative estimate of drug-likeness (QED) is 0.190. The van der Waals surface area contributed by atoms with Crippen LogP contribution in [0.1, 0.15) is 0 Å². The fourth-order valence-electron chi connectivity index (χ4n) is 4.94. The zero-order valence-electron chi connectivity index (χ0n) is 20.3. The van der Waals surface area contributed by atoms with Gasteiger partial charge in [-0.3, -0.25) is 0 Å². The molecular weight excluding hydrogens is 579 g/mol. The Morgan fingerprint density at radius 1 is 0.447 bits per heavy atom. The van der Waals surface area contributed by atoms with Gasteiger partial charge in [-0.1, -0.05) is 103 Å². The van der Waals surface area contributed by atoms with Gasteiger partial charge in [0.1, 0.15) is 0 Å². The molecule has 2 aromatic heterocycles. The first-order valence-corrected chi connectivity index (χ1v) is 13.5. The first kappa shape index (κ1) is 22.8. The van der Waals surface area contributed by atoms with Gasteiger partial charge in [0.25, 0.3) is 0 Å². The lowest BCUT2D eigenvalue weighted by Crippen LogP contribution is -2.00. The highest BCUT2D eigenvalue weighted by Crippen LogP contribution is 2.36. The molecule has 0 unspecified atom stereocenters. The van der Waals surface area contributed by atoms with E-state index < -0.39 is 0 Å². The molecule has 5 heteroatoms. The Hall–Kier alpha value is -4.36. The van der Waals surface area contributed by atoms with Gasteiger partial charge in [-0.05, 0) is 46.9 Å². The second-order valence-corrected chi connectivity index (χ2v) is 10.2. The SMILES string of the molecule is Ic1ccccc1-n1c2ccccc2c2ccc(-c3nc(-c4ccccc4)nc(-c4ccccc4)n3)cc21. The molecule has 4 nitrogen and oxygen atoms in total. The number of halogens is 1. The summed E-state index contributed by atoms with van der Waals surface area (Å²) in [5, 5.41) is 2.42. The summed E-state index contributed by atoms with van der Waals surface area (Å²) in [4.78, 5) is 14.7. The highest BCUT2D eigenvalue weighted by Gasteiger charge is 2.17. The molecule has 0 radical (unpaired) electrons. The first-order chi connectivity index (χ1) is 18.8. The van der Waals surface area contributed by atoms with Gasteiger partial charge in [0, 0.05) is 31.0 Å². The van der Waals surface area contributed by atoms with Crippen LogP contribution in [0.25, 0.3) is 61.7 Å². The Morgan fingerprint density at radius 3 is 1.63 bits per heavy atom. The number of benzene rings is 5. The van der Waals surface area contributed by atoms with E-state index in [0.29, 0.717) is 17.5 Å². The van der Waals surface area contributed by atoms with Crippen LogP contribution in [-0.4, -0.2) is 19.5 Å². The normalized spacial score (nSPS) is 11.3. The van der Waals surface area contributed by atoms with E-state index in [4.69, 9.17) is 15.0 Å². The molecule has 180 valence electrons. The number of nitrogens with zero attached hydrogens (tertiary/aromatic N) is 4. The number of rotatable bonds is 4. The molecule has 2 heterocycles. The summed E-state index contributed by atoms with van der Waals surface area (Å²) in [6.07, 6.45) is 0. The van der Waals surface area contributed by atoms with Crippen LogP contribution in [0.3, 0.4) is 0 Å². The minimum absolute atomic E-state index is 0.652. The Morgan fingerprint density at radius 2 is 0.974 bits per heavy atom. The molecule has 0 saturated heterocycles. The van der Waals surface area contributed by atoms with Crippen LogP contribution in [0, 0.1) is 3.57 Å². The molecule has 0 aliphatic heterocycles. The zero-order chi connectivity index (χ0) is 25.5. The Labute approximate surface area is 233 Å². The van der Waals surface area contributed by atoms with E-state index >= 15 is 0 Å². The van der Waals surface area contributed by atoms with Crippen molar-refractivity contribution in [1.82, 2.24) is 19.5 Å². The number of para-hydroxylation sites is 2. The highest BCUT2D eigenvalue weighted by molar-refractivity contribution is 14.1. The van der Waals surface area contributed by atoms with Crippen LogP contribution in [0.15, 0.2) is 127 Å². The average molecular weight is 600 g/mol. The molecule has 0 N–H and O–H groups in total. The molecule has 0 spiro atoms. The van der Waals surface area contributed by atoms with Crippen LogP contribution in [-0.2, 0) is 0 Å². The molecular formula is C33H21IN4. The highest BCUT2D eigenvalue weighted by atomic mass is 127. The Kier molecular flexibility index (Phi) is 5.70. The Bertz CT molecular complexity index is 1870. The third kappa shape index (κ3) is 3.96. The van der Waals surface area contributed by atoms with Gasteiger partial charge >= 0.3 is 0 Å². The second-order valence-electron chi connectivity index (χ2n) is 9.07. The smallest absolute Gasteiger partial charge is 0.164 e. The third-order valence-electron chi connectivity index (χ3n) is 6.72. The van der Waals surface area contributed by atoms with Gasteiger partial charge in [-0.2, -0.15) is 0 Å². The molecule has 0 aliphatic rings. The molecule has 0 atom stereocenters. The lowest BCUT2D eigenvalue weighted by atomic mass is 10.1. The number of hydrogen-bond acceptors (Lipinski definition) is 3. The van der Waals surface area contributed by atoms with Gasteiger partial charge < -0.3 is 4.57 Å². The molecule has 0 amide bonds. The summed E-state index contributed by atoms with van der Waals surface area (Å²) >= 11 is 2.41. The van der Waals surface area contributed by atoms with Crippen molar-refractivity contribution >= 4 is 44.4 Å². The van der Waals surface area contributed by atoms with Gasteiger partial charge in [-0.15, -0.1) is 0 Å². The van der Waals surface area contributed by atoms with Gasteiger partial charge in [0.2, 0.25) is 0 Å². The topological polar surface area (TPSA) is 43.6 Å². The van der Waals surface area contributed by atoms with Crippen LogP contribution in [0.4, 0.5) is 0 Å². The van der Waals surface area contributed by atoms with Gasteiger partial charge in [-0.25, -0.2) is 15.0 Å². The molecule has 7 aromatic rings. The maximum Gasteiger partial charge on any atom is 0.164 e. The van der Waals surface area contributed by atoms with Crippen molar-refractivity contribution in [3.63, 3.8) is 0 Å². The van der Waals surface area contributed by atoms with E-state index in [-0.39, 0.29) is 0 Å². The minimum atomic E-state index is 0.652. The standard InChI is InChI=1S/C33H21IN4/c34-27-16-8-10-18-29(27)38-28-17-9-7-15-25(28)26-20-19-24(21-30(26)38)33-36-31(22-11-3-1-4-12-22)35-32(37-33)23-13-5-2-6-14-23/h1-21H. The molecule has 0 aliphatic carbocycles. The monoisotopic (exact) mass is 600 g/mol. The van der Waals surface area contributed by atoms with E-state index in [0.717, 1.165) is 27.9 Å². The van der Waals surface area contributed by atoms with E-state index in [1.807, 2.05) is 60.7 Å². The minimum Gasteiger partial charge on any atom is -0.308 e. The molecule has 0 bridgehead atoms. The van der Waals surface area contributed by atoms with E-state index in [1.54, 1.807) is 0 Å². The maximum atomic E-state index is 4.95. The summed E-state index contributed by atoms with van der Waals surface area (Å²) < 4.78 is 3.53. The largest absolute Gasteiger partial charge is 0.308 e. The molecule has 0 saturated carbocycles. The summed E-state index contributed by atoms with van der Waals surface area (Å²) in [6, 6.07) is 43.7. The average Bonchev–Trinajstić information content (AvgIpc) is 3.31. The predicted octanol–water partition coefficient (Wildman–Crippen LogP) is 8.57. The van der Waals surface area contributed by atoms with E-state index in [2.05, 4.69) is 93.9 Å². The van der Waals surface area contributed by atoms with Crippen LogP contribution in [0.5, 0.6) is 0 Å². The van der Waals surface area contributed by atoms with Crippen LogP contribution < -0.4 is 0 Å². The second kappa shape index (κ2) is 9.50. The summed E-state index contributed by atoms with van der Waals surface area (Å²) in [5.41, 5.74) is 6.32. The lowest BCUT2D eigenvalue weighted by Gasteiger charge is -2.11. The first-order valence-electron chi connectivity index (χ1n) is 12.4. The summed E-state index contributed by atoms with van der Waals surface area (Å²) in [7, 11) is 0. The van der Waals surface area contributed by atoms with Gasteiger partial charge in [0.05, 0.1) is 16.7 Å². The molecule has 38 heavy (non-hydrogen) atoms. The van der Waals surface area contributed by atoms with Crippen LogP contribution in [0.2, 0.25) is 0 Å². The predicted molar refractivity (Wildman–Crippen MR) is 163 cm³/mol. The summed E-state index contributed by atoms with van der Waals surface area (Å²) in [5.74, 6) is 1.97. The fourth-order valence-corrected chi connectivity index (χ4v) is 5.57. The van der Waals surface area contributed by atoms with Crippen molar-refractivity contribution < 1.29 is 0 Å². The molecule has 7 rings (SSSR count). The summed E-state index contributed by atoms with van der Waals surface area (Å²) in [6.45, 7) is 0. The lowest BCUT2D eigenvalue weighted by molar-refractivity contribution is 1.07. The number of aromatic nitrogens is 4. The Balaban J connectivity index is 1.49. The van der Waals surface area contributed by atoms with Crippen molar-refractivity contribution in [1.29, 1.82) is 0 Å². The molecule has 0 fully saturated rings. The van der Waals surface area contributed by atoms with Crippen molar-refractivity contribution in [2.24, 2.45) is 0 Å². The van der Waals surface area contributed by atoms with E-state index in [9.17, 15) is 0 Å². The van der Waals surface area contributed by atoms with Gasteiger partial charge in [0.15, 0.2) is 17.5 Å². The van der Waals surface area contributed by atoms with E-state index in [1.165, 1.54) is 19.9 Å². The number of hydrogen-bond donors (Lipinski definition) is 0. The van der Waals surface area contributed by atoms with Crippen molar-refractivity contribution in [2.75, 3.05) is 0 Å². The van der Waals surface area contributed by atoms with Crippen molar-refractivity contribution in [2.45, 2.75) is 0 Å². The zero-order valence-corrected chi connectivity index (χ0v) is 22.4. The molecule has 5 aromatic carbocycles. The third-order valence-corrected chi connectivity index (χ3v) is 7.64. The van der Waals surface area contributed by atoms with Crippen molar-refractivity contribution in [3.8, 4) is 39.9 Å². The van der Waals surface area contributed by atoms with Crippen LogP contribution >= 0.6 is 22.6 Å².